The molecule has 1 saturated heterocycles. The fourth-order valence-corrected chi connectivity index (χ4v) is 3.17. The van der Waals surface area contributed by atoms with E-state index in [4.69, 9.17) is 4.74 Å². The number of nitrogens with one attached hydrogen (secondary N) is 1. The molecular formula is C20H27N5O. The van der Waals surface area contributed by atoms with Crippen LogP contribution in [0.3, 0.4) is 0 Å². The van der Waals surface area contributed by atoms with Crippen molar-refractivity contribution in [2.45, 2.75) is 13.5 Å². The molecule has 1 aromatic heterocycles. The summed E-state index contributed by atoms with van der Waals surface area (Å²) in [5.74, 6) is 1.83. The molecule has 1 aliphatic rings. The van der Waals surface area contributed by atoms with Crippen LogP contribution in [0.1, 0.15) is 11.3 Å². The van der Waals surface area contributed by atoms with E-state index < -0.39 is 0 Å². The van der Waals surface area contributed by atoms with Crippen LogP contribution >= 0.6 is 0 Å². The van der Waals surface area contributed by atoms with E-state index in [2.05, 4.69) is 50.2 Å². The van der Waals surface area contributed by atoms with Crippen molar-refractivity contribution in [3.8, 4) is 5.75 Å². The molecule has 0 saturated carbocycles. The SMILES string of the molecule is CN=C(NCc1ncccc1C)N1CCN(c2ccc(OC)cc2)CC1. The zero-order chi connectivity index (χ0) is 18.4. The molecule has 138 valence electrons. The average molecular weight is 353 g/mol. The standard InChI is InChI=1S/C20H27N5O/c1-16-5-4-10-22-19(16)15-23-20(21-2)25-13-11-24(12-14-25)17-6-8-18(26-3)9-7-17/h4-10H,11-15H2,1-3H3,(H,21,23). The van der Waals surface area contributed by atoms with Crippen LogP contribution in [0, 0.1) is 6.92 Å². The normalized spacial score (nSPS) is 15.1. The molecule has 0 unspecified atom stereocenters. The number of piperazine rings is 1. The fraction of sp³-hybridized carbons (Fsp3) is 0.400. The van der Waals surface area contributed by atoms with Crippen molar-refractivity contribution < 1.29 is 4.74 Å². The topological polar surface area (TPSA) is 53.0 Å². The van der Waals surface area contributed by atoms with Gasteiger partial charge in [-0.2, -0.15) is 0 Å². The van der Waals surface area contributed by atoms with E-state index >= 15 is 0 Å². The first-order valence-corrected chi connectivity index (χ1v) is 8.96. The van der Waals surface area contributed by atoms with E-state index in [1.54, 1.807) is 7.11 Å². The quantitative estimate of drug-likeness (QED) is 0.675. The Morgan fingerprint density at radius 1 is 1.15 bits per heavy atom. The van der Waals surface area contributed by atoms with Gasteiger partial charge in [0.05, 0.1) is 19.3 Å². The first kappa shape index (κ1) is 18.0. The van der Waals surface area contributed by atoms with E-state index in [0.717, 1.165) is 43.6 Å². The smallest absolute Gasteiger partial charge is 0.194 e. The minimum Gasteiger partial charge on any atom is -0.497 e. The molecule has 2 heterocycles. The number of hydrogen-bond acceptors (Lipinski definition) is 4. The number of rotatable bonds is 4. The molecule has 1 fully saturated rings. The first-order chi connectivity index (χ1) is 12.7. The van der Waals surface area contributed by atoms with E-state index in [0.29, 0.717) is 6.54 Å². The molecule has 0 aliphatic carbocycles. The predicted molar refractivity (Wildman–Crippen MR) is 106 cm³/mol. The first-order valence-electron chi connectivity index (χ1n) is 8.96. The highest BCUT2D eigenvalue weighted by Gasteiger charge is 2.20. The number of aliphatic imine (C=N–C) groups is 1. The number of hydrogen-bond donors (Lipinski definition) is 1. The molecule has 26 heavy (non-hydrogen) atoms. The minimum atomic E-state index is 0.693. The second kappa shape index (κ2) is 8.56. The second-order valence-corrected chi connectivity index (χ2v) is 6.34. The van der Waals surface area contributed by atoms with Gasteiger partial charge in [0.15, 0.2) is 5.96 Å². The summed E-state index contributed by atoms with van der Waals surface area (Å²) >= 11 is 0. The van der Waals surface area contributed by atoms with Crippen LogP contribution in [-0.4, -0.2) is 56.2 Å². The maximum absolute atomic E-state index is 5.24. The number of ether oxygens (including phenoxy) is 1. The van der Waals surface area contributed by atoms with Crippen LogP contribution in [0.25, 0.3) is 0 Å². The third-order valence-electron chi connectivity index (χ3n) is 4.76. The largest absolute Gasteiger partial charge is 0.497 e. The Labute approximate surface area is 155 Å². The molecular weight excluding hydrogens is 326 g/mol. The number of pyridine rings is 1. The van der Waals surface area contributed by atoms with Crippen molar-refractivity contribution >= 4 is 11.6 Å². The lowest BCUT2D eigenvalue weighted by Gasteiger charge is -2.37. The molecule has 1 aliphatic heterocycles. The lowest BCUT2D eigenvalue weighted by atomic mass is 10.2. The van der Waals surface area contributed by atoms with E-state index in [9.17, 15) is 0 Å². The van der Waals surface area contributed by atoms with Crippen molar-refractivity contribution in [2.24, 2.45) is 4.99 Å². The zero-order valence-electron chi connectivity index (χ0n) is 15.8. The van der Waals surface area contributed by atoms with Crippen molar-refractivity contribution in [3.63, 3.8) is 0 Å². The Morgan fingerprint density at radius 2 is 1.88 bits per heavy atom. The number of benzene rings is 1. The van der Waals surface area contributed by atoms with Gasteiger partial charge in [-0.15, -0.1) is 0 Å². The lowest BCUT2D eigenvalue weighted by molar-refractivity contribution is 0.372. The van der Waals surface area contributed by atoms with E-state index in [1.807, 2.05) is 31.4 Å². The average Bonchev–Trinajstić information content (AvgIpc) is 2.70. The van der Waals surface area contributed by atoms with Crippen molar-refractivity contribution in [1.29, 1.82) is 0 Å². The van der Waals surface area contributed by atoms with Crippen LogP contribution in [0.5, 0.6) is 5.75 Å². The summed E-state index contributed by atoms with van der Waals surface area (Å²) in [6, 6.07) is 12.3. The lowest BCUT2D eigenvalue weighted by Crippen LogP contribution is -2.52. The third-order valence-corrected chi connectivity index (χ3v) is 4.76. The van der Waals surface area contributed by atoms with Crippen LogP contribution in [0.4, 0.5) is 5.69 Å². The van der Waals surface area contributed by atoms with Crippen LogP contribution in [-0.2, 0) is 6.54 Å². The molecule has 1 aromatic carbocycles. The van der Waals surface area contributed by atoms with Crippen LogP contribution in [0.15, 0.2) is 47.6 Å². The molecule has 0 radical (unpaired) electrons. The van der Waals surface area contributed by atoms with Gasteiger partial charge in [0, 0.05) is 45.1 Å². The molecule has 2 aromatic rings. The van der Waals surface area contributed by atoms with Gasteiger partial charge >= 0.3 is 0 Å². The molecule has 0 bridgehead atoms. The highest BCUT2D eigenvalue weighted by molar-refractivity contribution is 5.80. The summed E-state index contributed by atoms with van der Waals surface area (Å²) in [4.78, 5) is 13.6. The summed E-state index contributed by atoms with van der Waals surface area (Å²) < 4.78 is 5.24. The maximum Gasteiger partial charge on any atom is 0.194 e. The molecule has 0 amide bonds. The molecule has 6 nitrogen and oxygen atoms in total. The Hall–Kier alpha value is -2.76. The summed E-state index contributed by atoms with van der Waals surface area (Å²) in [5, 5.41) is 3.44. The Morgan fingerprint density at radius 3 is 2.50 bits per heavy atom. The number of methoxy groups -OCH3 is 1. The summed E-state index contributed by atoms with van der Waals surface area (Å²) in [6.45, 7) is 6.59. The van der Waals surface area contributed by atoms with Gasteiger partial charge in [0.1, 0.15) is 5.75 Å². The number of anilines is 1. The van der Waals surface area contributed by atoms with Crippen molar-refractivity contribution in [1.82, 2.24) is 15.2 Å². The molecule has 6 heteroatoms. The molecule has 0 atom stereocenters. The molecule has 0 spiro atoms. The molecule has 1 N–H and O–H groups in total. The van der Waals surface area contributed by atoms with E-state index in [1.165, 1.54) is 11.3 Å². The highest BCUT2D eigenvalue weighted by Crippen LogP contribution is 2.20. The predicted octanol–water partition coefficient (Wildman–Crippen LogP) is 2.30. The fourth-order valence-electron chi connectivity index (χ4n) is 3.17. The summed E-state index contributed by atoms with van der Waals surface area (Å²) in [5.41, 5.74) is 3.49. The summed E-state index contributed by atoms with van der Waals surface area (Å²) in [7, 11) is 3.53. The maximum atomic E-state index is 5.24. The molecule has 3 rings (SSSR count). The van der Waals surface area contributed by atoms with Crippen LogP contribution < -0.4 is 15.0 Å². The van der Waals surface area contributed by atoms with E-state index in [-0.39, 0.29) is 0 Å². The van der Waals surface area contributed by atoms with Gasteiger partial charge in [-0.05, 0) is 42.8 Å². The number of aromatic nitrogens is 1. The van der Waals surface area contributed by atoms with Gasteiger partial charge < -0.3 is 19.9 Å². The van der Waals surface area contributed by atoms with Gasteiger partial charge in [0.25, 0.3) is 0 Å². The van der Waals surface area contributed by atoms with Crippen molar-refractivity contribution in [3.05, 3.63) is 53.9 Å². The van der Waals surface area contributed by atoms with Gasteiger partial charge in [-0.25, -0.2) is 0 Å². The number of nitrogens with zero attached hydrogens (tertiary/aromatic N) is 4. The van der Waals surface area contributed by atoms with Gasteiger partial charge in [-0.3, -0.25) is 9.98 Å². The second-order valence-electron chi connectivity index (χ2n) is 6.34. The zero-order valence-corrected chi connectivity index (χ0v) is 15.8. The third kappa shape index (κ3) is 4.25. The minimum absolute atomic E-state index is 0.693. The highest BCUT2D eigenvalue weighted by atomic mass is 16.5. The number of aryl methyl sites for hydroxylation is 1. The Bertz CT molecular complexity index is 736. The van der Waals surface area contributed by atoms with Crippen molar-refractivity contribution in [2.75, 3.05) is 45.2 Å². The monoisotopic (exact) mass is 353 g/mol. The van der Waals surface area contributed by atoms with Gasteiger partial charge in [0.2, 0.25) is 0 Å². The number of guanidine groups is 1. The van der Waals surface area contributed by atoms with Gasteiger partial charge in [-0.1, -0.05) is 6.07 Å². The summed E-state index contributed by atoms with van der Waals surface area (Å²) in [6.07, 6.45) is 1.83. The Balaban J connectivity index is 1.54. The van der Waals surface area contributed by atoms with Crippen LogP contribution in [0.2, 0.25) is 0 Å². The Kier molecular flexibility index (Phi) is 5.94.